The Morgan fingerprint density at radius 2 is 1.83 bits per heavy atom. The van der Waals surface area contributed by atoms with E-state index in [9.17, 15) is 23.6 Å². The number of aryl methyl sites for hydroxylation is 1. The minimum absolute atomic E-state index is 0.115. The number of carbonyl (C=O) groups is 4. The van der Waals surface area contributed by atoms with Crippen LogP contribution in [-0.4, -0.2) is 37.3 Å². The van der Waals surface area contributed by atoms with E-state index in [1.54, 1.807) is 0 Å². The molecule has 3 rings (SSSR count). The molecule has 9 heteroatoms. The number of hydrogen-bond acceptors (Lipinski definition) is 7. The number of thiophene rings is 1. The van der Waals surface area contributed by atoms with Crippen molar-refractivity contribution in [3.8, 4) is 0 Å². The third-order valence-electron chi connectivity index (χ3n) is 4.65. The zero-order valence-electron chi connectivity index (χ0n) is 16.3. The number of rotatable bonds is 8. The predicted octanol–water partition coefficient (Wildman–Crippen LogP) is 3.31. The molecule has 1 amide bonds. The third-order valence-corrected chi connectivity index (χ3v) is 5.86. The number of amides is 1. The summed E-state index contributed by atoms with van der Waals surface area (Å²) in [6.07, 6.45) is 2.23. The molecular weight excluding hydrogens is 413 g/mol. The highest BCUT2D eigenvalue weighted by Crippen LogP contribution is 2.39. The molecule has 0 bridgehead atoms. The molecule has 7 nitrogen and oxygen atoms in total. The molecule has 0 spiro atoms. The lowest BCUT2D eigenvalue weighted by molar-refractivity contribution is -0.147. The van der Waals surface area contributed by atoms with Crippen molar-refractivity contribution in [3.05, 3.63) is 51.7 Å². The Balaban J connectivity index is 1.49. The smallest absolute Gasteiger partial charge is 0.341 e. The van der Waals surface area contributed by atoms with Gasteiger partial charge in [0.15, 0.2) is 12.4 Å². The summed E-state index contributed by atoms with van der Waals surface area (Å²) in [4.78, 5) is 49.1. The number of carbonyl (C=O) groups excluding carboxylic acids is 4. The largest absolute Gasteiger partial charge is 0.465 e. The number of ether oxygens (including phenoxy) is 2. The number of methoxy groups -OCH3 is 1. The van der Waals surface area contributed by atoms with Crippen LogP contribution in [0.3, 0.4) is 0 Å². The van der Waals surface area contributed by atoms with Gasteiger partial charge in [-0.05, 0) is 49.1 Å². The van der Waals surface area contributed by atoms with Crippen molar-refractivity contribution >= 4 is 40.0 Å². The van der Waals surface area contributed by atoms with Gasteiger partial charge in [-0.1, -0.05) is 0 Å². The number of nitrogens with one attached hydrogen (secondary N) is 1. The van der Waals surface area contributed by atoms with Crippen molar-refractivity contribution in [3.63, 3.8) is 0 Å². The van der Waals surface area contributed by atoms with E-state index >= 15 is 0 Å². The Kier molecular flexibility index (Phi) is 6.94. The van der Waals surface area contributed by atoms with Crippen LogP contribution in [-0.2, 0) is 31.9 Å². The summed E-state index contributed by atoms with van der Waals surface area (Å²) in [6, 6.07) is 5.01. The second kappa shape index (κ2) is 9.62. The minimum atomic E-state index is -0.706. The standard InChI is InChI=1S/C21H20FNO6S/c1-28-21(27)19-14-3-2-4-16(14)30-20(19)23-17(25)11-29-18(26)10-9-15(24)12-5-7-13(22)8-6-12/h5-8H,2-4,9-11H2,1H3,(H,23,25). The molecule has 1 N–H and O–H groups in total. The first-order valence-corrected chi connectivity index (χ1v) is 10.2. The summed E-state index contributed by atoms with van der Waals surface area (Å²) >= 11 is 1.32. The minimum Gasteiger partial charge on any atom is -0.465 e. The molecule has 1 aromatic carbocycles. The zero-order chi connectivity index (χ0) is 21.7. The van der Waals surface area contributed by atoms with Gasteiger partial charge in [0.05, 0.1) is 19.1 Å². The van der Waals surface area contributed by atoms with Crippen LogP contribution >= 0.6 is 11.3 Å². The zero-order valence-corrected chi connectivity index (χ0v) is 17.1. The van der Waals surface area contributed by atoms with E-state index in [0.717, 1.165) is 29.7 Å². The van der Waals surface area contributed by atoms with Gasteiger partial charge < -0.3 is 14.8 Å². The first kappa shape index (κ1) is 21.6. The van der Waals surface area contributed by atoms with E-state index in [1.807, 2.05) is 0 Å². The topological polar surface area (TPSA) is 98.8 Å². The number of esters is 2. The maximum Gasteiger partial charge on any atom is 0.341 e. The fraction of sp³-hybridized carbons (Fsp3) is 0.333. The quantitative estimate of drug-likeness (QED) is 0.507. The molecule has 2 aromatic rings. The molecule has 0 unspecified atom stereocenters. The van der Waals surface area contributed by atoms with Gasteiger partial charge in [0.1, 0.15) is 10.8 Å². The molecule has 158 valence electrons. The second-order valence-electron chi connectivity index (χ2n) is 6.69. The van der Waals surface area contributed by atoms with E-state index in [4.69, 9.17) is 9.47 Å². The van der Waals surface area contributed by atoms with Crippen LogP contribution in [0.5, 0.6) is 0 Å². The van der Waals surface area contributed by atoms with Gasteiger partial charge in [-0.2, -0.15) is 0 Å². The first-order valence-electron chi connectivity index (χ1n) is 9.36. The van der Waals surface area contributed by atoms with E-state index in [0.29, 0.717) is 16.1 Å². The van der Waals surface area contributed by atoms with E-state index in [1.165, 1.54) is 42.7 Å². The highest BCUT2D eigenvalue weighted by molar-refractivity contribution is 7.17. The molecule has 1 aliphatic rings. The summed E-state index contributed by atoms with van der Waals surface area (Å²) in [5.74, 6) is -2.59. The van der Waals surface area contributed by atoms with Gasteiger partial charge >= 0.3 is 11.9 Å². The lowest BCUT2D eigenvalue weighted by atomic mass is 10.1. The lowest BCUT2D eigenvalue weighted by Crippen LogP contribution is -2.22. The van der Waals surface area contributed by atoms with Crippen LogP contribution < -0.4 is 5.32 Å². The molecule has 1 heterocycles. The Hall–Kier alpha value is -3.07. The van der Waals surface area contributed by atoms with Crippen LogP contribution in [0.1, 0.15) is 50.4 Å². The molecule has 0 fully saturated rings. The van der Waals surface area contributed by atoms with Crippen LogP contribution in [0.15, 0.2) is 24.3 Å². The van der Waals surface area contributed by atoms with Crippen molar-refractivity contribution < 1.29 is 33.0 Å². The summed E-state index contributed by atoms with van der Waals surface area (Å²) in [7, 11) is 1.28. The van der Waals surface area contributed by atoms with Crippen LogP contribution in [0, 0.1) is 5.82 Å². The van der Waals surface area contributed by atoms with Crippen LogP contribution in [0.4, 0.5) is 9.39 Å². The number of ketones is 1. The summed E-state index contributed by atoms with van der Waals surface area (Å²) in [5, 5.41) is 2.99. The fourth-order valence-corrected chi connectivity index (χ4v) is 4.48. The Bertz CT molecular complexity index is 982. The summed E-state index contributed by atoms with van der Waals surface area (Å²) in [5.41, 5.74) is 1.56. The summed E-state index contributed by atoms with van der Waals surface area (Å²) < 4.78 is 22.6. The van der Waals surface area contributed by atoms with E-state index < -0.39 is 30.3 Å². The summed E-state index contributed by atoms with van der Waals surface area (Å²) in [6.45, 7) is -0.535. The Morgan fingerprint density at radius 1 is 1.10 bits per heavy atom. The number of halogens is 1. The average Bonchev–Trinajstić information content (AvgIpc) is 3.31. The normalized spacial score (nSPS) is 12.2. The number of hydrogen-bond donors (Lipinski definition) is 1. The van der Waals surface area contributed by atoms with Gasteiger partial charge in [0.25, 0.3) is 5.91 Å². The maximum atomic E-state index is 12.9. The number of Topliss-reactive ketones (excluding diaryl/α,β-unsaturated/α-hetero) is 1. The van der Waals surface area contributed by atoms with Gasteiger partial charge in [-0.15, -0.1) is 11.3 Å². The number of anilines is 1. The van der Waals surface area contributed by atoms with Gasteiger partial charge in [0.2, 0.25) is 0 Å². The molecule has 0 aliphatic heterocycles. The van der Waals surface area contributed by atoms with Gasteiger partial charge in [-0.25, -0.2) is 9.18 Å². The molecule has 0 atom stereocenters. The SMILES string of the molecule is COC(=O)c1c(NC(=O)COC(=O)CCC(=O)c2ccc(F)cc2)sc2c1CCC2. The Morgan fingerprint density at radius 3 is 2.53 bits per heavy atom. The molecule has 0 radical (unpaired) electrons. The lowest BCUT2D eigenvalue weighted by Gasteiger charge is -2.08. The van der Waals surface area contributed by atoms with Crippen molar-refractivity contribution in [1.29, 1.82) is 0 Å². The highest BCUT2D eigenvalue weighted by Gasteiger charge is 2.28. The van der Waals surface area contributed by atoms with Crippen LogP contribution in [0.25, 0.3) is 0 Å². The first-order chi connectivity index (χ1) is 14.4. The van der Waals surface area contributed by atoms with E-state index in [2.05, 4.69) is 5.32 Å². The highest BCUT2D eigenvalue weighted by atomic mass is 32.1. The monoisotopic (exact) mass is 433 g/mol. The maximum absolute atomic E-state index is 12.9. The molecule has 30 heavy (non-hydrogen) atoms. The van der Waals surface area contributed by atoms with Crippen molar-refractivity contribution in [1.82, 2.24) is 0 Å². The molecule has 1 aliphatic carbocycles. The number of benzene rings is 1. The van der Waals surface area contributed by atoms with E-state index in [-0.39, 0.29) is 18.6 Å². The third kappa shape index (κ3) is 5.10. The average molecular weight is 433 g/mol. The van der Waals surface area contributed by atoms with Crippen molar-refractivity contribution in [2.24, 2.45) is 0 Å². The Labute approximate surface area is 176 Å². The second-order valence-corrected chi connectivity index (χ2v) is 7.80. The number of fused-ring (bicyclic) bond motifs is 1. The fourth-order valence-electron chi connectivity index (χ4n) is 3.19. The molecule has 0 saturated carbocycles. The van der Waals surface area contributed by atoms with Gasteiger partial charge in [-0.3, -0.25) is 14.4 Å². The predicted molar refractivity (Wildman–Crippen MR) is 107 cm³/mol. The molecular formula is C21H20FNO6S. The van der Waals surface area contributed by atoms with Gasteiger partial charge in [0, 0.05) is 16.9 Å². The van der Waals surface area contributed by atoms with Crippen molar-refractivity contribution in [2.75, 3.05) is 19.0 Å². The van der Waals surface area contributed by atoms with Crippen LogP contribution in [0.2, 0.25) is 0 Å². The molecule has 0 saturated heterocycles. The molecule has 1 aromatic heterocycles. The van der Waals surface area contributed by atoms with Crippen molar-refractivity contribution in [2.45, 2.75) is 32.1 Å².